The second-order valence-corrected chi connectivity index (χ2v) is 6.56. The number of benzene rings is 1. The molecule has 1 amide bonds. The molecule has 0 fully saturated rings. The Bertz CT molecular complexity index is 655. The molecule has 4 nitrogen and oxygen atoms in total. The highest BCUT2D eigenvalue weighted by Crippen LogP contribution is 2.29. The zero-order valence-corrected chi connectivity index (χ0v) is 12.9. The Balaban J connectivity index is 1.80. The number of fused-ring (bicyclic) bond motifs is 1. The lowest BCUT2D eigenvalue weighted by Gasteiger charge is -2.06. The second kappa shape index (κ2) is 5.85. The molecule has 1 aliphatic rings. The smallest absolute Gasteiger partial charge is 0.257 e. The topological polar surface area (TPSA) is 68.0 Å². The minimum absolute atomic E-state index is 0.135. The Labute approximate surface area is 128 Å². The van der Waals surface area contributed by atoms with E-state index >= 15 is 0 Å². The van der Waals surface area contributed by atoms with Crippen molar-refractivity contribution in [2.75, 3.05) is 11.1 Å². The number of anilines is 2. The fraction of sp³-hybridized carbons (Fsp3) is 0.375. The van der Waals surface area contributed by atoms with E-state index in [9.17, 15) is 4.79 Å². The number of amides is 1. The zero-order chi connectivity index (χ0) is 14.8. The molecule has 21 heavy (non-hydrogen) atoms. The fourth-order valence-electron chi connectivity index (χ4n) is 2.63. The molecule has 1 heterocycles. The third-order valence-electron chi connectivity index (χ3n) is 3.82. The van der Waals surface area contributed by atoms with Crippen molar-refractivity contribution in [1.82, 2.24) is 4.98 Å². The molecule has 3 rings (SSSR count). The summed E-state index contributed by atoms with van der Waals surface area (Å²) in [4.78, 5) is 18.3. The van der Waals surface area contributed by atoms with E-state index in [-0.39, 0.29) is 5.91 Å². The Hall–Kier alpha value is -1.88. The predicted octanol–water partition coefficient (Wildman–Crippen LogP) is 3.55. The summed E-state index contributed by atoms with van der Waals surface area (Å²) >= 11 is 1.61. The largest absolute Gasteiger partial charge is 0.399 e. The lowest BCUT2D eigenvalue weighted by Crippen LogP contribution is -2.13. The van der Waals surface area contributed by atoms with Gasteiger partial charge in [0.1, 0.15) is 0 Å². The molecular weight excluding hydrogens is 282 g/mol. The van der Waals surface area contributed by atoms with Crippen molar-refractivity contribution in [3.8, 4) is 0 Å². The van der Waals surface area contributed by atoms with Crippen molar-refractivity contribution < 1.29 is 4.79 Å². The Kier molecular flexibility index (Phi) is 3.92. The maximum Gasteiger partial charge on any atom is 0.257 e. The molecule has 3 N–H and O–H groups in total. The van der Waals surface area contributed by atoms with Crippen LogP contribution in [0, 0.1) is 6.92 Å². The first-order valence-electron chi connectivity index (χ1n) is 7.29. The van der Waals surface area contributed by atoms with Gasteiger partial charge >= 0.3 is 0 Å². The van der Waals surface area contributed by atoms with E-state index in [1.807, 2.05) is 13.0 Å². The minimum Gasteiger partial charge on any atom is -0.399 e. The summed E-state index contributed by atoms with van der Waals surface area (Å²) in [5.41, 5.74) is 9.05. The van der Waals surface area contributed by atoms with E-state index in [1.54, 1.807) is 23.5 Å². The molecule has 1 aliphatic carbocycles. The molecule has 1 aromatic carbocycles. The molecule has 0 bridgehead atoms. The number of nitrogens with one attached hydrogen (secondary N) is 1. The van der Waals surface area contributed by atoms with E-state index in [1.165, 1.54) is 24.1 Å². The van der Waals surface area contributed by atoms with Gasteiger partial charge in [0.15, 0.2) is 5.13 Å². The first-order valence-corrected chi connectivity index (χ1v) is 8.11. The van der Waals surface area contributed by atoms with E-state index in [2.05, 4.69) is 10.3 Å². The zero-order valence-electron chi connectivity index (χ0n) is 12.1. The van der Waals surface area contributed by atoms with Gasteiger partial charge < -0.3 is 5.73 Å². The lowest BCUT2D eigenvalue weighted by molar-refractivity contribution is 0.102. The van der Waals surface area contributed by atoms with Gasteiger partial charge in [-0.05, 0) is 50.3 Å². The number of hydrogen-bond donors (Lipinski definition) is 2. The normalized spacial score (nSPS) is 14.3. The van der Waals surface area contributed by atoms with Crippen molar-refractivity contribution in [1.29, 1.82) is 0 Å². The molecule has 0 unspecified atom stereocenters. The van der Waals surface area contributed by atoms with E-state index in [0.717, 1.165) is 24.1 Å². The van der Waals surface area contributed by atoms with Crippen molar-refractivity contribution in [2.24, 2.45) is 0 Å². The summed E-state index contributed by atoms with van der Waals surface area (Å²) in [6.07, 6.45) is 5.79. The third-order valence-corrected chi connectivity index (χ3v) is 4.90. The Morgan fingerprint density at radius 1 is 1.29 bits per heavy atom. The Morgan fingerprint density at radius 2 is 2.10 bits per heavy atom. The Morgan fingerprint density at radius 3 is 2.95 bits per heavy atom. The van der Waals surface area contributed by atoms with Crippen LogP contribution in [-0.4, -0.2) is 10.9 Å². The number of carbonyl (C=O) groups excluding carboxylic acids is 1. The number of nitrogens with two attached hydrogens (primary N) is 1. The lowest BCUT2D eigenvalue weighted by atomic mass is 10.1. The van der Waals surface area contributed by atoms with E-state index < -0.39 is 0 Å². The van der Waals surface area contributed by atoms with Crippen LogP contribution >= 0.6 is 11.3 Å². The van der Waals surface area contributed by atoms with Crippen molar-refractivity contribution in [2.45, 2.75) is 39.0 Å². The second-order valence-electron chi connectivity index (χ2n) is 5.48. The van der Waals surface area contributed by atoms with Crippen LogP contribution in [0.25, 0.3) is 0 Å². The number of carbonyl (C=O) groups is 1. The first kappa shape index (κ1) is 14.1. The van der Waals surface area contributed by atoms with Crippen molar-refractivity contribution in [3.63, 3.8) is 0 Å². The highest BCUT2D eigenvalue weighted by molar-refractivity contribution is 7.15. The van der Waals surface area contributed by atoms with Crippen LogP contribution in [0.5, 0.6) is 0 Å². The highest BCUT2D eigenvalue weighted by Gasteiger charge is 2.16. The average molecular weight is 301 g/mol. The summed E-state index contributed by atoms with van der Waals surface area (Å²) in [5.74, 6) is -0.135. The quantitative estimate of drug-likeness (QED) is 0.658. The van der Waals surface area contributed by atoms with Gasteiger partial charge in [0, 0.05) is 16.1 Å². The molecule has 0 spiro atoms. The van der Waals surface area contributed by atoms with Crippen molar-refractivity contribution >= 4 is 28.1 Å². The number of aryl methyl sites for hydroxylation is 3. The number of aromatic nitrogens is 1. The molecule has 110 valence electrons. The number of nitrogen functional groups attached to an aromatic ring is 1. The van der Waals surface area contributed by atoms with E-state index in [0.29, 0.717) is 16.4 Å². The molecule has 5 heteroatoms. The summed E-state index contributed by atoms with van der Waals surface area (Å²) in [5, 5.41) is 3.62. The summed E-state index contributed by atoms with van der Waals surface area (Å²) in [6, 6.07) is 5.38. The number of hydrogen-bond acceptors (Lipinski definition) is 4. The van der Waals surface area contributed by atoms with Gasteiger partial charge in [-0.3, -0.25) is 10.1 Å². The predicted molar refractivity (Wildman–Crippen MR) is 86.9 cm³/mol. The van der Waals surface area contributed by atoms with Gasteiger partial charge in [-0.2, -0.15) is 0 Å². The number of rotatable bonds is 2. The van der Waals surface area contributed by atoms with Gasteiger partial charge in [0.2, 0.25) is 0 Å². The molecular formula is C16H19N3OS. The molecule has 2 aromatic rings. The van der Waals surface area contributed by atoms with Crippen LogP contribution in [0.2, 0.25) is 0 Å². The molecule has 1 aromatic heterocycles. The van der Waals surface area contributed by atoms with E-state index in [4.69, 9.17) is 5.73 Å². The number of thiazole rings is 1. The van der Waals surface area contributed by atoms with Crippen LogP contribution in [0.4, 0.5) is 10.8 Å². The van der Waals surface area contributed by atoms with Gasteiger partial charge in [-0.15, -0.1) is 11.3 Å². The van der Waals surface area contributed by atoms with Gasteiger partial charge in [-0.1, -0.05) is 12.5 Å². The molecule has 0 saturated carbocycles. The standard InChI is InChI=1S/C16H19N3OS/c1-10-7-8-11(17)9-12(10)15(20)19-16-18-13-5-3-2-4-6-14(13)21-16/h7-9H,2-6,17H2,1H3,(H,18,19,20). The maximum absolute atomic E-state index is 12.4. The van der Waals surface area contributed by atoms with Crippen LogP contribution in [0.1, 0.15) is 45.8 Å². The molecule has 0 saturated heterocycles. The van der Waals surface area contributed by atoms with Gasteiger partial charge in [-0.25, -0.2) is 4.98 Å². The maximum atomic E-state index is 12.4. The van der Waals surface area contributed by atoms with Crippen LogP contribution in [-0.2, 0) is 12.8 Å². The minimum atomic E-state index is -0.135. The molecule has 0 aliphatic heterocycles. The fourth-order valence-corrected chi connectivity index (χ4v) is 3.68. The summed E-state index contributed by atoms with van der Waals surface area (Å²) in [7, 11) is 0. The van der Waals surface area contributed by atoms with Crippen LogP contribution in [0.3, 0.4) is 0 Å². The SMILES string of the molecule is Cc1ccc(N)cc1C(=O)Nc1nc2c(s1)CCCCC2. The van der Waals surface area contributed by atoms with Crippen LogP contribution < -0.4 is 11.1 Å². The summed E-state index contributed by atoms with van der Waals surface area (Å²) < 4.78 is 0. The van der Waals surface area contributed by atoms with Gasteiger partial charge in [0.05, 0.1) is 5.69 Å². The average Bonchev–Trinajstić information content (AvgIpc) is 2.70. The highest BCUT2D eigenvalue weighted by atomic mass is 32.1. The van der Waals surface area contributed by atoms with Gasteiger partial charge in [0.25, 0.3) is 5.91 Å². The molecule has 0 radical (unpaired) electrons. The first-order chi connectivity index (χ1) is 10.1. The van der Waals surface area contributed by atoms with Crippen LogP contribution in [0.15, 0.2) is 18.2 Å². The summed E-state index contributed by atoms with van der Waals surface area (Å²) in [6.45, 7) is 1.91. The third kappa shape index (κ3) is 3.08. The number of nitrogens with zero attached hydrogens (tertiary/aromatic N) is 1. The monoisotopic (exact) mass is 301 g/mol. The van der Waals surface area contributed by atoms with Crippen molar-refractivity contribution in [3.05, 3.63) is 39.9 Å². The molecule has 0 atom stereocenters.